The number of carbonyl (C=O) groups excluding carboxylic acids is 1. The molecule has 0 bridgehead atoms. The van der Waals surface area contributed by atoms with Crippen LogP contribution in [-0.2, 0) is 11.2 Å². The molecule has 0 spiro atoms. The molecule has 3 nitrogen and oxygen atoms in total. The number of phenols is 1. The van der Waals surface area contributed by atoms with Gasteiger partial charge in [-0.15, -0.1) is 0 Å². The number of nitrogens with one attached hydrogen (secondary N) is 1. The van der Waals surface area contributed by atoms with Crippen LogP contribution in [0.4, 0.5) is 0 Å². The van der Waals surface area contributed by atoms with Crippen LogP contribution in [0, 0.1) is 5.92 Å². The first-order chi connectivity index (χ1) is 7.63. The molecular formula is C13H17NO2. The first kappa shape index (κ1) is 11.0. The molecule has 0 aliphatic heterocycles. The van der Waals surface area contributed by atoms with Crippen molar-refractivity contribution < 1.29 is 9.90 Å². The highest BCUT2D eigenvalue weighted by atomic mass is 16.3. The van der Waals surface area contributed by atoms with Crippen molar-refractivity contribution in [1.29, 1.82) is 0 Å². The summed E-state index contributed by atoms with van der Waals surface area (Å²) in [5.41, 5.74) is 0.852. The zero-order chi connectivity index (χ0) is 11.5. The number of hydrogen-bond donors (Lipinski definition) is 2. The van der Waals surface area contributed by atoms with Crippen LogP contribution in [0.5, 0.6) is 5.75 Å². The third kappa shape index (κ3) is 2.75. The topological polar surface area (TPSA) is 49.3 Å². The number of rotatable bonds is 3. The molecule has 1 aromatic carbocycles. The smallest absolute Gasteiger partial charge is 0.224 e. The standard InChI is InChI=1S/C13H17NO2/c1-9-5-11(6-9)14-13(16)8-10-3-2-4-12(15)7-10/h2-4,7,9,11,15H,5-6,8H2,1H3,(H,14,16). The number of carbonyl (C=O) groups is 1. The second-order valence-electron chi connectivity index (χ2n) is 4.69. The summed E-state index contributed by atoms with van der Waals surface area (Å²) >= 11 is 0. The van der Waals surface area contributed by atoms with E-state index in [9.17, 15) is 9.90 Å². The Morgan fingerprint density at radius 1 is 1.50 bits per heavy atom. The molecule has 2 N–H and O–H groups in total. The van der Waals surface area contributed by atoms with E-state index in [4.69, 9.17) is 0 Å². The van der Waals surface area contributed by atoms with Crippen LogP contribution in [0.2, 0.25) is 0 Å². The lowest BCUT2D eigenvalue weighted by Crippen LogP contribution is -2.43. The molecule has 2 rings (SSSR count). The first-order valence-corrected chi connectivity index (χ1v) is 5.71. The van der Waals surface area contributed by atoms with Gasteiger partial charge in [-0.2, -0.15) is 0 Å². The number of aromatic hydroxyl groups is 1. The van der Waals surface area contributed by atoms with Gasteiger partial charge in [0.2, 0.25) is 5.91 Å². The van der Waals surface area contributed by atoms with Gasteiger partial charge in [0.25, 0.3) is 0 Å². The van der Waals surface area contributed by atoms with Gasteiger partial charge in [-0.1, -0.05) is 19.1 Å². The van der Waals surface area contributed by atoms with E-state index in [2.05, 4.69) is 12.2 Å². The highest BCUT2D eigenvalue weighted by Gasteiger charge is 2.26. The van der Waals surface area contributed by atoms with Gasteiger partial charge in [-0.25, -0.2) is 0 Å². The molecule has 0 heterocycles. The zero-order valence-corrected chi connectivity index (χ0v) is 9.44. The minimum atomic E-state index is 0.0440. The molecule has 86 valence electrons. The summed E-state index contributed by atoms with van der Waals surface area (Å²) in [7, 11) is 0. The van der Waals surface area contributed by atoms with Gasteiger partial charge in [-0.05, 0) is 36.5 Å². The number of benzene rings is 1. The van der Waals surface area contributed by atoms with Crippen LogP contribution >= 0.6 is 0 Å². The van der Waals surface area contributed by atoms with E-state index >= 15 is 0 Å². The van der Waals surface area contributed by atoms with E-state index in [-0.39, 0.29) is 11.7 Å². The van der Waals surface area contributed by atoms with Crippen molar-refractivity contribution in [3.05, 3.63) is 29.8 Å². The number of amides is 1. The Bertz CT molecular complexity index is 383. The van der Waals surface area contributed by atoms with Crippen LogP contribution in [0.1, 0.15) is 25.3 Å². The molecule has 16 heavy (non-hydrogen) atoms. The monoisotopic (exact) mass is 219 g/mol. The van der Waals surface area contributed by atoms with E-state index < -0.39 is 0 Å². The minimum Gasteiger partial charge on any atom is -0.508 e. The Labute approximate surface area is 95.5 Å². The second kappa shape index (κ2) is 4.56. The SMILES string of the molecule is CC1CC(NC(=O)Cc2cccc(O)c2)C1. The molecule has 1 aliphatic rings. The average Bonchev–Trinajstić information content (AvgIpc) is 2.15. The zero-order valence-electron chi connectivity index (χ0n) is 9.44. The van der Waals surface area contributed by atoms with Crippen LogP contribution in [-0.4, -0.2) is 17.1 Å². The summed E-state index contributed by atoms with van der Waals surface area (Å²) in [6.45, 7) is 2.19. The average molecular weight is 219 g/mol. The highest BCUT2D eigenvalue weighted by molar-refractivity contribution is 5.79. The Balaban J connectivity index is 1.83. The van der Waals surface area contributed by atoms with Crippen LogP contribution in [0.15, 0.2) is 24.3 Å². The fourth-order valence-corrected chi connectivity index (χ4v) is 2.15. The van der Waals surface area contributed by atoms with Crippen molar-refractivity contribution >= 4 is 5.91 Å². The summed E-state index contributed by atoms with van der Waals surface area (Å²) in [6, 6.07) is 7.20. The van der Waals surface area contributed by atoms with Crippen LogP contribution < -0.4 is 5.32 Å². The maximum atomic E-state index is 11.6. The van der Waals surface area contributed by atoms with Crippen molar-refractivity contribution in [1.82, 2.24) is 5.32 Å². The van der Waals surface area contributed by atoms with Gasteiger partial charge < -0.3 is 10.4 Å². The van der Waals surface area contributed by atoms with Crippen molar-refractivity contribution in [3.8, 4) is 5.75 Å². The summed E-state index contributed by atoms with van der Waals surface area (Å²) in [6.07, 6.45) is 2.52. The third-order valence-electron chi connectivity index (χ3n) is 3.01. The second-order valence-corrected chi connectivity index (χ2v) is 4.69. The van der Waals surface area contributed by atoms with E-state index in [1.807, 2.05) is 6.07 Å². The molecule has 1 saturated carbocycles. The van der Waals surface area contributed by atoms with Crippen molar-refractivity contribution in [2.75, 3.05) is 0 Å². The first-order valence-electron chi connectivity index (χ1n) is 5.71. The summed E-state index contributed by atoms with van der Waals surface area (Å²) in [4.78, 5) is 11.6. The Kier molecular flexibility index (Phi) is 3.13. The van der Waals surface area contributed by atoms with Gasteiger partial charge in [0.15, 0.2) is 0 Å². The lowest BCUT2D eigenvalue weighted by Gasteiger charge is -2.33. The van der Waals surface area contributed by atoms with Gasteiger partial charge in [0.05, 0.1) is 6.42 Å². The van der Waals surface area contributed by atoms with Crippen molar-refractivity contribution in [2.24, 2.45) is 5.92 Å². The normalized spacial score (nSPS) is 23.6. The molecule has 0 unspecified atom stereocenters. The fraction of sp³-hybridized carbons (Fsp3) is 0.462. The predicted octanol–water partition coefficient (Wildman–Crippen LogP) is 1.85. The predicted molar refractivity (Wildman–Crippen MR) is 62.1 cm³/mol. The minimum absolute atomic E-state index is 0.0440. The molecule has 0 radical (unpaired) electrons. The fourth-order valence-electron chi connectivity index (χ4n) is 2.15. The quantitative estimate of drug-likeness (QED) is 0.815. The van der Waals surface area contributed by atoms with Crippen LogP contribution in [0.3, 0.4) is 0 Å². The Morgan fingerprint density at radius 3 is 2.88 bits per heavy atom. The van der Waals surface area contributed by atoms with Gasteiger partial charge >= 0.3 is 0 Å². The highest BCUT2D eigenvalue weighted by Crippen LogP contribution is 2.26. The number of phenolic OH excluding ortho intramolecular Hbond substituents is 1. The van der Waals surface area contributed by atoms with Crippen LogP contribution in [0.25, 0.3) is 0 Å². The Morgan fingerprint density at radius 2 is 2.25 bits per heavy atom. The number of hydrogen-bond acceptors (Lipinski definition) is 2. The molecule has 0 saturated heterocycles. The molecule has 0 atom stereocenters. The van der Waals surface area contributed by atoms with E-state index in [1.54, 1.807) is 18.2 Å². The van der Waals surface area contributed by atoms with Crippen molar-refractivity contribution in [3.63, 3.8) is 0 Å². The van der Waals surface area contributed by atoms with Gasteiger partial charge in [-0.3, -0.25) is 4.79 Å². The maximum Gasteiger partial charge on any atom is 0.224 e. The largest absolute Gasteiger partial charge is 0.508 e. The van der Waals surface area contributed by atoms with E-state index in [0.717, 1.165) is 24.3 Å². The van der Waals surface area contributed by atoms with Gasteiger partial charge in [0.1, 0.15) is 5.75 Å². The summed E-state index contributed by atoms with van der Waals surface area (Å²) < 4.78 is 0. The van der Waals surface area contributed by atoms with E-state index in [0.29, 0.717) is 12.5 Å². The maximum absolute atomic E-state index is 11.6. The van der Waals surface area contributed by atoms with Gasteiger partial charge in [0, 0.05) is 6.04 Å². The molecular weight excluding hydrogens is 202 g/mol. The Hall–Kier alpha value is -1.51. The molecule has 1 fully saturated rings. The van der Waals surface area contributed by atoms with E-state index in [1.165, 1.54) is 0 Å². The molecule has 0 aromatic heterocycles. The molecule has 1 amide bonds. The molecule has 1 aromatic rings. The molecule has 3 heteroatoms. The summed E-state index contributed by atoms with van der Waals surface area (Å²) in [5.74, 6) is 0.996. The lowest BCUT2D eigenvalue weighted by atomic mass is 9.82. The summed E-state index contributed by atoms with van der Waals surface area (Å²) in [5, 5.41) is 12.3. The molecule has 1 aliphatic carbocycles. The third-order valence-corrected chi connectivity index (χ3v) is 3.01. The van der Waals surface area contributed by atoms with Crippen molar-refractivity contribution in [2.45, 2.75) is 32.2 Å². The lowest BCUT2D eigenvalue weighted by molar-refractivity contribution is -0.121.